The fourth-order valence-electron chi connectivity index (χ4n) is 4.19. The van der Waals surface area contributed by atoms with Crippen LogP contribution in [-0.4, -0.2) is 43.0 Å². The van der Waals surface area contributed by atoms with Crippen LogP contribution in [-0.2, 0) is 9.47 Å². The van der Waals surface area contributed by atoms with Crippen molar-refractivity contribution in [3.63, 3.8) is 0 Å². The number of rotatable bonds is 6. The Hall–Kier alpha value is -1.89. The highest BCUT2D eigenvalue weighted by molar-refractivity contribution is 7.17. The van der Waals surface area contributed by atoms with Gasteiger partial charge in [0.05, 0.1) is 0 Å². The fourth-order valence-corrected chi connectivity index (χ4v) is 5.16. The monoisotopic (exact) mass is 400 g/mol. The van der Waals surface area contributed by atoms with Crippen molar-refractivity contribution in [1.82, 2.24) is 4.90 Å². The molecule has 28 heavy (non-hydrogen) atoms. The van der Waals surface area contributed by atoms with Crippen LogP contribution in [0.5, 0.6) is 0 Å². The van der Waals surface area contributed by atoms with Crippen molar-refractivity contribution >= 4 is 38.8 Å². The number of benzene rings is 1. The fraction of sp³-hybridized carbons (Fsp3) is 0.500. The largest absolute Gasteiger partial charge is 0.419 e. The summed E-state index contributed by atoms with van der Waals surface area (Å²) >= 11 is 1.76. The summed E-state index contributed by atoms with van der Waals surface area (Å²) in [5.74, 6) is 0. The van der Waals surface area contributed by atoms with E-state index in [4.69, 9.17) is 9.47 Å². The first-order valence-corrected chi connectivity index (χ1v) is 11.1. The molecular formula is C22H28N2O3S. The van der Waals surface area contributed by atoms with Crippen molar-refractivity contribution in [2.45, 2.75) is 51.9 Å². The smallest absolute Gasteiger partial charge is 0.413 e. The maximum atomic E-state index is 12.2. The lowest BCUT2D eigenvalue weighted by atomic mass is 9.94. The minimum absolute atomic E-state index is 0.477. The summed E-state index contributed by atoms with van der Waals surface area (Å²) in [6.45, 7) is 6.62. The Morgan fingerprint density at radius 1 is 1.39 bits per heavy atom. The lowest BCUT2D eigenvalue weighted by Crippen LogP contribution is -2.32. The van der Waals surface area contributed by atoms with Crippen molar-refractivity contribution in [2.75, 3.05) is 25.0 Å². The quantitative estimate of drug-likeness (QED) is 0.653. The zero-order valence-corrected chi connectivity index (χ0v) is 17.4. The maximum Gasteiger partial charge on any atom is 0.413 e. The van der Waals surface area contributed by atoms with Gasteiger partial charge in [0.1, 0.15) is 0 Å². The standard InChI is InChI=1S/C22H28N2O3S/c1-3-21(26-4-2)27-22(25)23-16-7-8-20-18(13-16)19(14-28-20)15-9-11-24-10-5-6-17(24)12-15/h7-9,13-14,17,21H,3-6,10-12H2,1-2H3,(H,23,25). The number of amides is 1. The minimum atomic E-state index is -0.507. The number of thiophene rings is 1. The molecule has 1 N–H and O–H groups in total. The molecule has 2 aliphatic rings. The number of hydrogen-bond donors (Lipinski definition) is 1. The maximum absolute atomic E-state index is 12.2. The first-order chi connectivity index (χ1) is 13.7. The highest BCUT2D eigenvalue weighted by Crippen LogP contribution is 2.38. The zero-order chi connectivity index (χ0) is 19.5. The van der Waals surface area contributed by atoms with Gasteiger partial charge < -0.3 is 9.47 Å². The van der Waals surface area contributed by atoms with E-state index in [-0.39, 0.29) is 0 Å². The predicted octanol–water partition coefficient (Wildman–Crippen LogP) is 5.47. The van der Waals surface area contributed by atoms with E-state index in [9.17, 15) is 4.79 Å². The zero-order valence-electron chi connectivity index (χ0n) is 16.6. The van der Waals surface area contributed by atoms with E-state index in [1.165, 1.54) is 40.6 Å². The lowest BCUT2D eigenvalue weighted by molar-refractivity contribution is -0.0971. The summed E-state index contributed by atoms with van der Waals surface area (Å²) < 4.78 is 12.0. The second-order valence-electron chi connectivity index (χ2n) is 7.41. The Kier molecular flexibility index (Phi) is 5.99. The van der Waals surface area contributed by atoms with Crippen LogP contribution in [0.1, 0.15) is 45.1 Å². The van der Waals surface area contributed by atoms with E-state index >= 15 is 0 Å². The van der Waals surface area contributed by atoms with Crippen molar-refractivity contribution < 1.29 is 14.3 Å². The molecule has 2 unspecified atom stereocenters. The number of carbonyl (C=O) groups excluding carboxylic acids is 1. The summed E-state index contributed by atoms with van der Waals surface area (Å²) in [6, 6.07) is 6.76. The second-order valence-corrected chi connectivity index (χ2v) is 8.32. The number of nitrogens with zero attached hydrogens (tertiary/aromatic N) is 1. The molecule has 2 aliphatic heterocycles. The van der Waals surface area contributed by atoms with Gasteiger partial charge in [0.2, 0.25) is 6.29 Å². The second kappa shape index (κ2) is 8.64. The van der Waals surface area contributed by atoms with Crippen LogP contribution in [0.25, 0.3) is 15.7 Å². The van der Waals surface area contributed by atoms with Gasteiger partial charge in [0, 0.05) is 41.4 Å². The topological polar surface area (TPSA) is 50.8 Å². The molecule has 1 aromatic heterocycles. The number of carbonyl (C=O) groups is 1. The molecule has 0 bridgehead atoms. The molecule has 5 nitrogen and oxygen atoms in total. The number of nitrogens with one attached hydrogen (secondary N) is 1. The summed E-state index contributed by atoms with van der Waals surface area (Å²) in [5, 5.41) is 6.31. The molecular weight excluding hydrogens is 372 g/mol. The molecule has 2 atom stereocenters. The summed E-state index contributed by atoms with van der Waals surface area (Å²) in [7, 11) is 0. The molecule has 0 radical (unpaired) electrons. The molecule has 4 rings (SSSR count). The van der Waals surface area contributed by atoms with Crippen LogP contribution < -0.4 is 5.32 Å². The van der Waals surface area contributed by atoms with E-state index in [0.29, 0.717) is 19.1 Å². The molecule has 1 saturated heterocycles. The Morgan fingerprint density at radius 2 is 2.29 bits per heavy atom. The normalized spacial score (nSPS) is 20.6. The van der Waals surface area contributed by atoms with Gasteiger partial charge in [-0.3, -0.25) is 10.2 Å². The number of ether oxygens (including phenoxy) is 2. The van der Waals surface area contributed by atoms with Crippen molar-refractivity contribution in [2.24, 2.45) is 0 Å². The van der Waals surface area contributed by atoms with E-state index in [1.54, 1.807) is 11.3 Å². The van der Waals surface area contributed by atoms with E-state index in [2.05, 4.69) is 33.8 Å². The van der Waals surface area contributed by atoms with Gasteiger partial charge in [-0.1, -0.05) is 13.0 Å². The molecule has 1 amide bonds. The molecule has 0 aliphatic carbocycles. The van der Waals surface area contributed by atoms with Crippen LogP contribution in [0.2, 0.25) is 0 Å². The average molecular weight is 401 g/mol. The van der Waals surface area contributed by atoms with Gasteiger partial charge in [-0.05, 0) is 67.4 Å². The Balaban J connectivity index is 1.51. The van der Waals surface area contributed by atoms with Crippen molar-refractivity contribution in [3.05, 3.63) is 35.2 Å². The Labute approximate surface area is 170 Å². The van der Waals surface area contributed by atoms with Gasteiger partial charge in [0.15, 0.2) is 0 Å². The van der Waals surface area contributed by atoms with Crippen LogP contribution in [0.3, 0.4) is 0 Å². The van der Waals surface area contributed by atoms with Gasteiger partial charge in [-0.15, -0.1) is 11.3 Å². The minimum Gasteiger partial charge on any atom is -0.419 e. The first-order valence-electron chi connectivity index (χ1n) is 10.2. The number of hydrogen-bond acceptors (Lipinski definition) is 5. The molecule has 3 heterocycles. The molecule has 1 aromatic carbocycles. The SMILES string of the molecule is CCOC(CC)OC(=O)Nc1ccc2scc(C3=CCN4CCCC4C3)c2c1. The lowest BCUT2D eigenvalue weighted by Gasteiger charge is -2.29. The van der Waals surface area contributed by atoms with Crippen molar-refractivity contribution in [3.8, 4) is 0 Å². The summed E-state index contributed by atoms with van der Waals surface area (Å²) in [4.78, 5) is 14.8. The van der Waals surface area contributed by atoms with Gasteiger partial charge in [0.25, 0.3) is 0 Å². The Bertz CT molecular complexity index is 876. The van der Waals surface area contributed by atoms with E-state index in [0.717, 1.165) is 18.7 Å². The first kappa shape index (κ1) is 19.4. The predicted molar refractivity (Wildman–Crippen MR) is 115 cm³/mol. The van der Waals surface area contributed by atoms with Gasteiger partial charge in [-0.2, -0.15) is 0 Å². The Morgan fingerprint density at radius 3 is 3.11 bits per heavy atom. The number of fused-ring (bicyclic) bond motifs is 2. The molecule has 2 aromatic rings. The molecule has 0 spiro atoms. The molecule has 0 saturated carbocycles. The van der Waals surface area contributed by atoms with Crippen LogP contribution in [0, 0.1) is 0 Å². The average Bonchev–Trinajstić information content (AvgIpc) is 3.33. The third kappa shape index (κ3) is 4.09. The highest BCUT2D eigenvalue weighted by Gasteiger charge is 2.28. The van der Waals surface area contributed by atoms with Crippen LogP contribution >= 0.6 is 11.3 Å². The van der Waals surface area contributed by atoms with Gasteiger partial charge >= 0.3 is 6.09 Å². The van der Waals surface area contributed by atoms with E-state index < -0.39 is 12.4 Å². The van der Waals surface area contributed by atoms with Gasteiger partial charge in [-0.25, -0.2) is 4.79 Å². The summed E-state index contributed by atoms with van der Waals surface area (Å²) in [6.07, 6.45) is 5.76. The van der Waals surface area contributed by atoms with Crippen LogP contribution in [0.15, 0.2) is 29.7 Å². The molecule has 150 valence electrons. The van der Waals surface area contributed by atoms with Crippen molar-refractivity contribution in [1.29, 1.82) is 0 Å². The number of anilines is 1. The third-order valence-corrected chi connectivity index (χ3v) is 6.58. The highest BCUT2D eigenvalue weighted by atomic mass is 32.1. The molecule has 1 fully saturated rings. The summed E-state index contributed by atoms with van der Waals surface area (Å²) in [5.41, 5.74) is 3.50. The molecule has 6 heteroatoms. The van der Waals surface area contributed by atoms with E-state index in [1.807, 2.05) is 19.9 Å². The van der Waals surface area contributed by atoms with Crippen LogP contribution in [0.4, 0.5) is 10.5 Å². The third-order valence-electron chi connectivity index (χ3n) is 5.62.